The Morgan fingerprint density at radius 3 is 1.45 bits per heavy atom. The van der Waals surface area contributed by atoms with Gasteiger partial charge in [0.1, 0.15) is 0 Å². The van der Waals surface area contributed by atoms with Crippen molar-refractivity contribution in [1.29, 1.82) is 0 Å². The van der Waals surface area contributed by atoms with E-state index in [0.29, 0.717) is 11.8 Å². The molecule has 76 heavy (non-hydrogen) atoms. The van der Waals surface area contributed by atoms with Crippen LogP contribution >= 0.6 is 11.3 Å². The van der Waals surface area contributed by atoms with Gasteiger partial charge in [-0.25, -0.2) is 0 Å². The van der Waals surface area contributed by atoms with Gasteiger partial charge in [-0.05, 0) is 175 Å². The molecule has 1 aromatic heterocycles. The number of fused-ring (bicyclic) bond motifs is 6. The second-order valence-corrected chi connectivity index (χ2v) is 28.6. The van der Waals surface area contributed by atoms with E-state index < -0.39 is 0 Å². The van der Waals surface area contributed by atoms with Crippen LogP contribution in [0.4, 0.5) is 34.1 Å². The lowest BCUT2D eigenvalue weighted by Gasteiger charge is -2.45. The third kappa shape index (κ3) is 9.17. The van der Waals surface area contributed by atoms with Crippen molar-refractivity contribution >= 4 is 78.0 Å². The molecule has 0 bridgehead atoms. The van der Waals surface area contributed by atoms with Gasteiger partial charge < -0.3 is 9.80 Å². The summed E-state index contributed by atoms with van der Waals surface area (Å²) in [5, 5.41) is 1.36. The standard InChI is InChI=1S/C72H81BN2S/c1-69(2,3)53-31-23-48(24-32-53)49-27-36-57(37-28-49)74-62-42-52(47-21-17-14-18-22-47)29-38-60(62)73-66-63(74)44-56(72(10,11)12)45-64(66)75(67-59-43-55(71(7,8)9)35-40-65(59)76-68(67)73)61-39-30-51(46-19-15-13-16-20-46)41-58(61)50-25-33-54(34-26-50)70(4,5)6/h23-47H,13-22H2,1-12H3. The summed E-state index contributed by atoms with van der Waals surface area (Å²) in [6, 6.07) is 56.5. The first kappa shape index (κ1) is 51.0. The maximum absolute atomic E-state index is 2.77. The topological polar surface area (TPSA) is 6.48 Å². The van der Waals surface area contributed by atoms with Crippen molar-refractivity contribution in [2.75, 3.05) is 9.80 Å². The summed E-state index contributed by atoms with van der Waals surface area (Å²) in [5.41, 5.74) is 24.2. The fourth-order valence-corrected chi connectivity index (χ4v) is 14.7. The second-order valence-electron chi connectivity index (χ2n) is 27.5. The molecule has 2 aliphatic carbocycles. The van der Waals surface area contributed by atoms with E-state index in [4.69, 9.17) is 0 Å². The Balaban J connectivity index is 1.14. The zero-order chi connectivity index (χ0) is 53.1. The molecule has 0 atom stereocenters. The van der Waals surface area contributed by atoms with Gasteiger partial charge in [0, 0.05) is 43.2 Å². The van der Waals surface area contributed by atoms with Gasteiger partial charge in [-0.3, -0.25) is 0 Å². The smallest absolute Gasteiger partial charge is 0.264 e. The summed E-state index contributed by atoms with van der Waals surface area (Å²) in [6.07, 6.45) is 13.0. The van der Waals surface area contributed by atoms with E-state index in [0.717, 1.165) is 0 Å². The zero-order valence-electron chi connectivity index (χ0n) is 47.9. The molecule has 12 rings (SSSR count). The quantitative estimate of drug-likeness (QED) is 0.153. The van der Waals surface area contributed by atoms with Gasteiger partial charge in [0.15, 0.2) is 0 Å². The third-order valence-corrected chi connectivity index (χ3v) is 19.3. The van der Waals surface area contributed by atoms with Gasteiger partial charge in [-0.1, -0.05) is 207 Å². The summed E-state index contributed by atoms with van der Waals surface area (Å²) < 4.78 is 2.81. The molecule has 2 aliphatic heterocycles. The van der Waals surface area contributed by atoms with E-state index >= 15 is 0 Å². The molecular formula is C72H81BN2S. The molecule has 0 unspecified atom stereocenters. The molecule has 0 radical (unpaired) electrons. The van der Waals surface area contributed by atoms with E-state index in [1.807, 2.05) is 11.3 Å². The number of benzene rings is 7. The molecule has 3 heterocycles. The molecule has 2 fully saturated rings. The molecule has 4 heteroatoms. The minimum absolute atomic E-state index is 0.00647. The zero-order valence-corrected chi connectivity index (χ0v) is 48.7. The third-order valence-electron chi connectivity index (χ3n) is 18.1. The highest BCUT2D eigenvalue weighted by molar-refractivity contribution is 7.33. The van der Waals surface area contributed by atoms with Crippen molar-refractivity contribution < 1.29 is 0 Å². The van der Waals surface area contributed by atoms with E-state index in [-0.39, 0.29) is 28.4 Å². The monoisotopic (exact) mass is 1020 g/mol. The maximum Gasteiger partial charge on any atom is 0.264 e. The molecule has 388 valence electrons. The van der Waals surface area contributed by atoms with E-state index in [1.54, 1.807) is 0 Å². The van der Waals surface area contributed by atoms with Crippen LogP contribution in [0.3, 0.4) is 0 Å². The lowest BCUT2D eigenvalue weighted by Crippen LogP contribution is -2.60. The second kappa shape index (κ2) is 19.0. The normalized spacial score (nSPS) is 16.5. The molecule has 0 saturated heterocycles. The van der Waals surface area contributed by atoms with Crippen molar-refractivity contribution in [3.05, 3.63) is 173 Å². The molecule has 2 nitrogen and oxygen atoms in total. The summed E-state index contributed by atoms with van der Waals surface area (Å²) >= 11 is 2.03. The summed E-state index contributed by atoms with van der Waals surface area (Å²) in [6.45, 7) is 28.3. The van der Waals surface area contributed by atoms with Gasteiger partial charge in [-0.2, -0.15) is 0 Å². The molecule has 0 amide bonds. The minimum atomic E-state index is -0.126. The highest BCUT2D eigenvalue weighted by Crippen LogP contribution is 2.53. The molecule has 2 saturated carbocycles. The molecule has 8 aromatic rings. The lowest BCUT2D eigenvalue weighted by molar-refractivity contribution is 0.444. The fourth-order valence-electron chi connectivity index (χ4n) is 13.4. The highest BCUT2D eigenvalue weighted by Gasteiger charge is 2.47. The average Bonchev–Trinajstić information content (AvgIpc) is 3.92. The predicted octanol–water partition coefficient (Wildman–Crippen LogP) is 19.6. The van der Waals surface area contributed by atoms with E-state index in [9.17, 15) is 0 Å². The van der Waals surface area contributed by atoms with Crippen LogP contribution < -0.4 is 25.5 Å². The lowest BCUT2D eigenvalue weighted by atomic mass is 9.36. The number of thiophene rings is 1. The molecule has 4 aliphatic rings. The van der Waals surface area contributed by atoms with Gasteiger partial charge in [0.05, 0.1) is 11.4 Å². The van der Waals surface area contributed by atoms with Gasteiger partial charge in [0.25, 0.3) is 6.71 Å². The highest BCUT2D eigenvalue weighted by atomic mass is 32.1. The number of hydrogen-bond acceptors (Lipinski definition) is 3. The summed E-state index contributed by atoms with van der Waals surface area (Å²) in [5.74, 6) is 1.17. The van der Waals surface area contributed by atoms with Crippen LogP contribution in [0.25, 0.3) is 32.3 Å². The Bertz CT molecular complexity index is 3460. The molecule has 0 N–H and O–H groups in total. The van der Waals surface area contributed by atoms with Crippen LogP contribution in [-0.4, -0.2) is 6.71 Å². The van der Waals surface area contributed by atoms with Crippen molar-refractivity contribution in [2.24, 2.45) is 0 Å². The van der Waals surface area contributed by atoms with Crippen LogP contribution in [0, 0.1) is 0 Å². The van der Waals surface area contributed by atoms with Crippen molar-refractivity contribution in [3.8, 4) is 22.3 Å². The van der Waals surface area contributed by atoms with Gasteiger partial charge >= 0.3 is 0 Å². The van der Waals surface area contributed by atoms with Crippen LogP contribution in [-0.2, 0) is 21.7 Å². The van der Waals surface area contributed by atoms with Crippen LogP contribution in [0.5, 0.6) is 0 Å². The first-order valence-corrected chi connectivity index (χ1v) is 30.0. The predicted molar refractivity (Wildman–Crippen MR) is 333 cm³/mol. The maximum atomic E-state index is 2.77. The molecule has 7 aromatic carbocycles. The van der Waals surface area contributed by atoms with Gasteiger partial charge in [-0.15, -0.1) is 11.3 Å². The Kier molecular flexibility index (Phi) is 12.7. The molecular weight excluding hydrogens is 936 g/mol. The van der Waals surface area contributed by atoms with E-state index in [2.05, 4.69) is 232 Å². The first-order chi connectivity index (χ1) is 36.2. The number of rotatable bonds is 6. The molecule has 0 spiro atoms. The van der Waals surface area contributed by atoms with Crippen LogP contribution in [0.1, 0.15) is 193 Å². The number of nitrogens with zero attached hydrogens (tertiary/aromatic N) is 2. The van der Waals surface area contributed by atoms with Crippen molar-refractivity contribution in [1.82, 2.24) is 0 Å². The van der Waals surface area contributed by atoms with Gasteiger partial charge in [0.2, 0.25) is 0 Å². The average molecular weight is 1020 g/mol. The largest absolute Gasteiger partial charge is 0.311 e. The SMILES string of the molecule is CC(C)(C)c1ccc(-c2ccc(N3c4cc(C5CCCCC5)ccc4B4c5sc6ccc(C(C)(C)C)cc6c5N(c5ccc(C6CCCCC6)cc5-c5ccc(C(C)(C)C)cc5)c5cc(C(C)(C)C)cc3c54)cc2)cc1. The van der Waals surface area contributed by atoms with Crippen molar-refractivity contribution in [3.63, 3.8) is 0 Å². The van der Waals surface area contributed by atoms with Crippen LogP contribution in [0.2, 0.25) is 0 Å². The minimum Gasteiger partial charge on any atom is -0.311 e. The summed E-state index contributed by atoms with van der Waals surface area (Å²) in [4.78, 5) is 5.46. The Morgan fingerprint density at radius 2 is 0.895 bits per heavy atom. The number of hydrogen-bond donors (Lipinski definition) is 0. The Morgan fingerprint density at radius 1 is 0.408 bits per heavy atom. The Hall–Kier alpha value is -5.84. The summed E-state index contributed by atoms with van der Waals surface area (Å²) in [7, 11) is 0. The first-order valence-electron chi connectivity index (χ1n) is 29.2. The van der Waals surface area contributed by atoms with E-state index in [1.165, 1.54) is 180 Å². The Labute approximate surface area is 461 Å². The van der Waals surface area contributed by atoms with Crippen molar-refractivity contribution in [2.45, 2.75) is 181 Å². The fraction of sp³-hybridized carbons (Fsp3) is 0.389. The number of anilines is 6. The van der Waals surface area contributed by atoms with Crippen LogP contribution in [0.15, 0.2) is 140 Å².